The highest BCUT2D eigenvalue weighted by Crippen LogP contribution is 2.40. The third kappa shape index (κ3) is 5.41. The van der Waals surface area contributed by atoms with Crippen molar-refractivity contribution in [3.05, 3.63) is 83.9 Å². The van der Waals surface area contributed by atoms with E-state index >= 15 is 0 Å². The normalized spacial score (nSPS) is 10.6. The minimum Gasteiger partial charge on any atom is -0.493 e. The second-order valence-corrected chi connectivity index (χ2v) is 7.95. The Bertz CT molecular complexity index is 1280. The topological polar surface area (TPSA) is 99.0 Å². The van der Waals surface area contributed by atoms with E-state index in [9.17, 15) is 4.79 Å². The molecule has 0 saturated heterocycles. The molecular formula is C27H28N4O5. The highest BCUT2D eigenvalue weighted by molar-refractivity contribution is 5.98. The van der Waals surface area contributed by atoms with E-state index < -0.39 is 0 Å². The van der Waals surface area contributed by atoms with Gasteiger partial charge in [0.2, 0.25) is 5.75 Å². The van der Waals surface area contributed by atoms with E-state index in [1.54, 1.807) is 51.9 Å². The third-order valence-corrected chi connectivity index (χ3v) is 5.56. The minimum absolute atomic E-state index is 0.252. The predicted molar refractivity (Wildman–Crippen MR) is 136 cm³/mol. The highest BCUT2D eigenvalue weighted by Gasteiger charge is 2.21. The quantitative estimate of drug-likeness (QED) is 0.352. The first-order valence-corrected chi connectivity index (χ1v) is 11.3. The Morgan fingerprint density at radius 2 is 1.72 bits per heavy atom. The molecule has 2 aromatic heterocycles. The second kappa shape index (κ2) is 11.3. The molecule has 186 valence electrons. The van der Waals surface area contributed by atoms with Crippen LogP contribution in [-0.2, 0) is 13.1 Å². The molecule has 0 aliphatic heterocycles. The maximum Gasteiger partial charge on any atom is 0.256 e. The zero-order valence-corrected chi connectivity index (χ0v) is 20.6. The molecule has 0 aliphatic rings. The van der Waals surface area contributed by atoms with Gasteiger partial charge in [0.25, 0.3) is 5.91 Å². The van der Waals surface area contributed by atoms with Gasteiger partial charge < -0.3 is 28.8 Å². The SMILES string of the molecule is COc1cc(-c2ncc(C(=O)NCc3ccco3)c(N(C)Cc3ccccc3)n2)cc(OC)c1OC. The number of hydrogen-bond acceptors (Lipinski definition) is 8. The molecule has 9 nitrogen and oxygen atoms in total. The Kier molecular flexibility index (Phi) is 7.69. The number of rotatable bonds is 10. The van der Waals surface area contributed by atoms with Crippen LogP contribution in [0.25, 0.3) is 11.4 Å². The van der Waals surface area contributed by atoms with Gasteiger partial charge >= 0.3 is 0 Å². The van der Waals surface area contributed by atoms with Crippen molar-refractivity contribution in [3.63, 3.8) is 0 Å². The molecule has 0 atom stereocenters. The molecule has 0 aliphatic carbocycles. The van der Waals surface area contributed by atoms with Crippen molar-refractivity contribution in [1.29, 1.82) is 0 Å². The van der Waals surface area contributed by atoms with Crippen molar-refractivity contribution in [2.45, 2.75) is 13.1 Å². The first kappa shape index (κ1) is 24.6. The molecule has 9 heteroatoms. The third-order valence-electron chi connectivity index (χ3n) is 5.56. The number of aromatic nitrogens is 2. The Hall–Kier alpha value is -4.53. The lowest BCUT2D eigenvalue weighted by molar-refractivity contribution is 0.0948. The number of nitrogens with one attached hydrogen (secondary N) is 1. The van der Waals surface area contributed by atoms with E-state index in [1.165, 1.54) is 6.20 Å². The highest BCUT2D eigenvalue weighted by atomic mass is 16.5. The molecule has 0 fully saturated rings. The Labute approximate surface area is 209 Å². The van der Waals surface area contributed by atoms with Crippen LogP contribution in [0.3, 0.4) is 0 Å². The summed E-state index contributed by atoms with van der Waals surface area (Å²) in [4.78, 5) is 24.3. The van der Waals surface area contributed by atoms with Gasteiger partial charge in [0.05, 0.1) is 34.1 Å². The second-order valence-electron chi connectivity index (χ2n) is 7.95. The lowest BCUT2D eigenvalue weighted by Crippen LogP contribution is -2.27. The molecule has 2 heterocycles. The maximum atomic E-state index is 13.1. The van der Waals surface area contributed by atoms with Crippen molar-refractivity contribution >= 4 is 11.7 Å². The van der Waals surface area contributed by atoms with Gasteiger partial charge in [-0.15, -0.1) is 0 Å². The van der Waals surface area contributed by atoms with Gasteiger partial charge in [0, 0.05) is 25.4 Å². The van der Waals surface area contributed by atoms with Gasteiger partial charge in [-0.25, -0.2) is 9.97 Å². The van der Waals surface area contributed by atoms with Gasteiger partial charge in [-0.2, -0.15) is 0 Å². The number of ether oxygens (including phenoxy) is 3. The van der Waals surface area contributed by atoms with Crippen LogP contribution in [0.15, 0.2) is 71.5 Å². The monoisotopic (exact) mass is 488 g/mol. The summed E-state index contributed by atoms with van der Waals surface area (Å²) < 4.78 is 21.7. The summed E-state index contributed by atoms with van der Waals surface area (Å²) in [5, 5.41) is 2.88. The van der Waals surface area contributed by atoms with Crippen LogP contribution in [0.2, 0.25) is 0 Å². The van der Waals surface area contributed by atoms with E-state index in [0.717, 1.165) is 5.56 Å². The van der Waals surface area contributed by atoms with E-state index in [0.29, 0.717) is 52.3 Å². The summed E-state index contributed by atoms with van der Waals surface area (Å²) in [7, 11) is 6.53. The molecule has 36 heavy (non-hydrogen) atoms. The number of carbonyl (C=O) groups is 1. The van der Waals surface area contributed by atoms with Crippen molar-refractivity contribution < 1.29 is 23.4 Å². The molecule has 0 saturated carbocycles. The lowest BCUT2D eigenvalue weighted by atomic mass is 10.1. The fourth-order valence-electron chi connectivity index (χ4n) is 3.78. The summed E-state index contributed by atoms with van der Waals surface area (Å²) in [5.41, 5.74) is 2.08. The van der Waals surface area contributed by atoms with E-state index in [-0.39, 0.29) is 12.5 Å². The van der Waals surface area contributed by atoms with Crippen molar-refractivity contribution in [2.75, 3.05) is 33.3 Å². The average molecular weight is 489 g/mol. The number of methoxy groups -OCH3 is 3. The number of hydrogen-bond donors (Lipinski definition) is 1. The molecule has 0 spiro atoms. The molecule has 0 unspecified atom stereocenters. The van der Waals surface area contributed by atoms with E-state index in [2.05, 4.69) is 10.3 Å². The summed E-state index contributed by atoms with van der Waals surface area (Å²) in [6.07, 6.45) is 3.09. The standard InChI is InChI=1S/C27H28N4O5/c1-31(17-18-9-6-5-7-10-18)26-21(27(32)29-15-20-11-8-12-36-20)16-28-25(30-26)19-13-22(33-2)24(35-4)23(14-19)34-3/h5-14,16H,15,17H2,1-4H3,(H,29,32). The van der Waals surface area contributed by atoms with Crippen LogP contribution in [-0.4, -0.2) is 44.3 Å². The zero-order chi connectivity index (χ0) is 25.5. The van der Waals surface area contributed by atoms with Crippen LogP contribution < -0.4 is 24.4 Å². The fraction of sp³-hybridized carbons (Fsp3) is 0.222. The zero-order valence-electron chi connectivity index (χ0n) is 20.6. The average Bonchev–Trinajstić information content (AvgIpc) is 3.44. The molecule has 1 N–H and O–H groups in total. The van der Waals surface area contributed by atoms with Gasteiger partial charge in [-0.3, -0.25) is 4.79 Å². The fourth-order valence-corrected chi connectivity index (χ4v) is 3.78. The molecular weight excluding hydrogens is 460 g/mol. The molecule has 0 bridgehead atoms. The Morgan fingerprint density at radius 3 is 2.33 bits per heavy atom. The first-order chi connectivity index (χ1) is 17.5. The van der Waals surface area contributed by atoms with Crippen LogP contribution in [0.5, 0.6) is 17.2 Å². The summed E-state index contributed by atoms with van der Waals surface area (Å²) in [6, 6.07) is 17.1. The lowest BCUT2D eigenvalue weighted by Gasteiger charge is -2.22. The molecule has 0 radical (unpaired) electrons. The van der Waals surface area contributed by atoms with Crippen LogP contribution in [0.1, 0.15) is 21.7 Å². The maximum absolute atomic E-state index is 13.1. The van der Waals surface area contributed by atoms with Crippen molar-refractivity contribution in [1.82, 2.24) is 15.3 Å². The van der Waals surface area contributed by atoms with Crippen LogP contribution in [0.4, 0.5) is 5.82 Å². The van der Waals surface area contributed by atoms with Crippen LogP contribution in [0, 0.1) is 0 Å². The Morgan fingerprint density at radius 1 is 1.00 bits per heavy atom. The largest absolute Gasteiger partial charge is 0.493 e. The molecule has 1 amide bonds. The number of carbonyl (C=O) groups excluding carboxylic acids is 1. The van der Waals surface area contributed by atoms with E-state index in [1.807, 2.05) is 42.3 Å². The number of nitrogens with zero attached hydrogens (tertiary/aromatic N) is 3. The van der Waals surface area contributed by atoms with Crippen LogP contribution >= 0.6 is 0 Å². The molecule has 4 aromatic rings. The number of furan rings is 1. The molecule has 4 rings (SSSR count). The smallest absolute Gasteiger partial charge is 0.256 e. The van der Waals surface area contributed by atoms with Crippen molar-refractivity contribution in [2.24, 2.45) is 0 Å². The van der Waals surface area contributed by atoms with Crippen molar-refractivity contribution in [3.8, 4) is 28.6 Å². The van der Waals surface area contributed by atoms with Gasteiger partial charge in [0.15, 0.2) is 17.3 Å². The van der Waals surface area contributed by atoms with Gasteiger partial charge in [-0.05, 0) is 29.8 Å². The predicted octanol–water partition coefficient (Wildman–Crippen LogP) is 4.33. The molecule has 2 aromatic carbocycles. The number of benzene rings is 2. The summed E-state index contributed by atoms with van der Waals surface area (Å²) >= 11 is 0. The Balaban J connectivity index is 1.73. The van der Waals surface area contributed by atoms with Gasteiger partial charge in [-0.1, -0.05) is 30.3 Å². The first-order valence-electron chi connectivity index (χ1n) is 11.3. The summed E-state index contributed by atoms with van der Waals surface area (Å²) in [5.74, 6) is 2.67. The van der Waals surface area contributed by atoms with Gasteiger partial charge in [0.1, 0.15) is 17.1 Å². The summed E-state index contributed by atoms with van der Waals surface area (Å²) in [6.45, 7) is 0.799. The minimum atomic E-state index is -0.308. The van der Waals surface area contributed by atoms with E-state index in [4.69, 9.17) is 23.6 Å². The number of amides is 1. The number of anilines is 1.